The van der Waals surface area contributed by atoms with Crippen LogP contribution in [0.4, 0.5) is 5.00 Å². The number of nitrogens with zero attached hydrogens (tertiary/aromatic N) is 3. The highest BCUT2D eigenvalue weighted by Gasteiger charge is 2.22. The van der Waals surface area contributed by atoms with Crippen molar-refractivity contribution in [2.45, 2.75) is 38.8 Å². The van der Waals surface area contributed by atoms with Crippen LogP contribution in [0, 0.1) is 0 Å². The molecule has 8 heteroatoms. The smallest absolute Gasteiger partial charge is 0.191 e. The average Bonchev–Trinajstić information content (AvgIpc) is 3.45. The third-order valence-corrected chi connectivity index (χ3v) is 7.15. The largest absolute Gasteiger partial charge is 0.363 e. The lowest BCUT2D eigenvalue weighted by atomic mass is 10.1. The average molecular weight is 548 g/mol. The quantitative estimate of drug-likeness (QED) is 0.287. The van der Waals surface area contributed by atoms with Gasteiger partial charge in [-0.05, 0) is 65.8 Å². The summed E-state index contributed by atoms with van der Waals surface area (Å²) >= 11 is 3.60. The van der Waals surface area contributed by atoms with E-state index < -0.39 is 0 Å². The third kappa shape index (κ3) is 6.83. The van der Waals surface area contributed by atoms with E-state index in [1.807, 2.05) is 18.4 Å². The monoisotopic (exact) mass is 547 g/mol. The Morgan fingerprint density at radius 1 is 1.24 bits per heavy atom. The molecule has 0 radical (unpaired) electrons. The van der Waals surface area contributed by atoms with Crippen LogP contribution in [0.3, 0.4) is 0 Å². The van der Waals surface area contributed by atoms with Gasteiger partial charge in [0.05, 0.1) is 11.0 Å². The van der Waals surface area contributed by atoms with Crippen LogP contribution >= 0.6 is 46.7 Å². The van der Waals surface area contributed by atoms with Gasteiger partial charge in [0, 0.05) is 32.7 Å². The highest BCUT2D eigenvalue weighted by molar-refractivity contribution is 14.0. The zero-order valence-corrected chi connectivity index (χ0v) is 21.6. The van der Waals surface area contributed by atoms with Crippen LogP contribution in [0.5, 0.6) is 0 Å². The first-order valence-corrected chi connectivity index (χ1v) is 12.1. The molecule has 1 saturated heterocycles. The SMILES string of the molecule is CCN(CC)C(CNC(=NC)NC1CCN(c2cccs2)CC1)c1ccsc1.I. The van der Waals surface area contributed by atoms with Gasteiger partial charge >= 0.3 is 0 Å². The van der Waals surface area contributed by atoms with Crippen LogP contribution in [0.25, 0.3) is 0 Å². The molecular formula is C21H34IN5S2. The summed E-state index contributed by atoms with van der Waals surface area (Å²) in [6, 6.07) is 7.45. The van der Waals surface area contributed by atoms with Crippen molar-refractivity contribution in [2.75, 3.05) is 44.7 Å². The van der Waals surface area contributed by atoms with Crippen molar-refractivity contribution in [1.82, 2.24) is 15.5 Å². The van der Waals surface area contributed by atoms with Crippen LogP contribution in [0.1, 0.15) is 38.3 Å². The van der Waals surface area contributed by atoms with Crippen molar-refractivity contribution in [3.63, 3.8) is 0 Å². The van der Waals surface area contributed by atoms with Crippen LogP contribution < -0.4 is 15.5 Å². The Morgan fingerprint density at radius 3 is 2.55 bits per heavy atom. The van der Waals surface area contributed by atoms with Gasteiger partial charge in [0.2, 0.25) is 0 Å². The number of halogens is 1. The fraction of sp³-hybridized carbons (Fsp3) is 0.571. The lowest BCUT2D eigenvalue weighted by molar-refractivity contribution is 0.219. The van der Waals surface area contributed by atoms with Gasteiger partial charge in [-0.1, -0.05) is 13.8 Å². The molecule has 1 unspecified atom stereocenters. The molecule has 0 saturated carbocycles. The molecule has 1 atom stereocenters. The molecule has 1 fully saturated rings. The Labute approximate surface area is 200 Å². The number of aliphatic imine (C=N–C) groups is 1. The van der Waals surface area contributed by atoms with Gasteiger partial charge in [-0.2, -0.15) is 11.3 Å². The molecule has 3 rings (SSSR count). The number of piperidine rings is 1. The summed E-state index contributed by atoms with van der Waals surface area (Å²) in [6.45, 7) is 9.64. The Morgan fingerprint density at radius 2 is 2.00 bits per heavy atom. The molecule has 162 valence electrons. The molecule has 0 spiro atoms. The van der Waals surface area contributed by atoms with E-state index in [1.165, 1.54) is 10.6 Å². The summed E-state index contributed by atoms with van der Waals surface area (Å²) in [6.07, 6.45) is 2.28. The summed E-state index contributed by atoms with van der Waals surface area (Å²) < 4.78 is 0. The number of guanidine groups is 1. The topological polar surface area (TPSA) is 42.9 Å². The second kappa shape index (κ2) is 12.8. The van der Waals surface area contributed by atoms with Gasteiger partial charge in [-0.3, -0.25) is 9.89 Å². The van der Waals surface area contributed by atoms with Crippen LogP contribution in [-0.4, -0.2) is 56.7 Å². The molecule has 29 heavy (non-hydrogen) atoms. The Balaban J connectivity index is 0.00000300. The zero-order chi connectivity index (χ0) is 19.8. The standard InChI is InChI=1S/C21H33N5S2.HI/c1-4-25(5-2)19(17-10-14-27-16-17)15-23-21(22-3)24-18-8-11-26(12-9-18)20-7-6-13-28-20;/h6-7,10,13-14,16,18-19H,4-5,8-9,11-12,15H2,1-3H3,(H2,22,23,24);1H. The van der Waals surface area contributed by atoms with E-state index in [0.717, 1.165) is 51.5 Å². The highest BCUT2D eigenvalue weighted by Crippen LogP contribution is 2.25. The van der Waals surface area contributed by atoms with Crippen molar-refractivity contribution < 1.29 is 0 Å². The van der Waals surface area contributed by atoms with E-state index in [2.05, 4.69) is 73.6 Å². The second-order valence-electron chi connectivity index (χ2n) is 7.10. The normalized spacial score (nSPS) is 16.6. The van der Waals surface area contributed by atoms with Crippen molar-refractivity contribution in [2.24, 2.45) is 4.99 Å². The van der Waals surface area contributed by atoms with Crippen LogP contribution in [0.2, 0.25) is 0 Å². The molecule has 0 aliphatic carbocycles. The number of hydrogen-bond acceptors (Lipinski definition) is 5. The van der Waals surface area contributed by atoms with Crippen molar-refractivity contribution >= 4 is 57.6 Å². The van der Waals surface area contributed by atoms with E-state index in [9.17, 15) is 0 Å². The fourth-order valence-corrected chi connectivity index (χ4v) is 5.35. The van der Waals surface area contributed by atoms with Crippen molar-refractivity contribution in [3.05, 3.63) is 39.9 Å². The van der Waals surface area contributed by atoms with Crippen LogP contribution in [-0.2, 0) is 0 Å². The van der Waals surface area contributed by atoms with E-state index >= 15 is 0 Å². The molecule has 0 amide bonds. The molecule has 2 N–H and O–H groups in total. The maximum Gasteiger partial charge on any atom is 0.191 e. The Hall–Kier alpha value is -0.840. The summed E-state index contributed by atoms with van der Waals surface area (Å²) in [5.41, 5.74) is 1.39. The van der Waals surface area contributed by atoms with Gasteiger partial charge < -0.3 is 15.5 Å². The first-order valence-electron chi connectivity index (χ1n) is 10.3. The Bertz CT molecular complexity index is 693. The van der Waals surface area contributed by atoms with Gasteiger partial charge in [0.15, 0.2) is 5.96 Å². The first kappa shape index (κ1) is 24.4. The summed E-state index contributed by atoms with van der Waals surface area (Å²) in [7, 11) is 1.87. The van der Waals surface area contributed by atoms with E-state index in [1.54, 1.807) is 11.3 Å². The fourth-order valence-electron chi connectivity index (χ4n) is 3.86. The number of likely N-dealkylation sites (N-methyl/N-ethyl adjacent to an activating group) is 1. The number of hydrogen-bond donors (Lipinski definition) is 2. The molecule has 3 heterocycles. The Kier molecular flexibility index (Phi) is 10.8. The number of thiophene rings is 2. The summed E-state index contributed by atoms with van der Waals surface area (Å²) in [4.78, 5) is 9.48. The third-order valence-electron chi connectivity index (χ3n) is 5.52. The minimum atomic E-state index is 0. The second-order valence-corrected chi connectivity index (χ2v) is 8.81. The predicted molar refractivity (Wildman–Crippen MR) is 139 cm³/mol. The maximum atomic E-state index is 4.48. The highest BCUT2D eigenvalue weighted by atomic mass is 127. The van der Waals surface area contributed by atoms with E-state index in [0.29, 0.717) is 12.1 Å². The number of rotatable bonds is 8. The van der Waals surface area contributed by atoms with E-state index in [-0.39, 0.29) is 24.0 Å². The number of anilines is 1. The minimum Gasteiger partial charge on any atom is -0.363 e. The maximum absolute atomic E-state index is 4.48. The number of nitrogens with one attached hydrogen (secondary N) is 2. The lowest BCUT2D eigenvalue weighted by Gasteiger charge is -2.34. The van der Waals surface area contributed by atoms with Crippen molar-refractivity contribution in [3.8, 4) is 0 Å². The minimum absolute atomic E-state index is 0. The van der Waals surface area contributed by atoms with Gasteiger partial charge in [0.1, 0.15) is 0 Å². The van der Waals surface area contributed by atoms with Gasteiger partial charge in [0.25, 0.3) is 0 Å². The van der Waals surface area contributed by atoms with Crippen molar-refractivity contribution in [1.29, 1.82) is 0 Å². The lowest BCUT2D eigenvalue weighted by Crippen LogP contribution is -2.50. The molecule has 2 aromatic rings. The summed E-state index contributed by atoms with van der Waals surface area (Å²) in [5, 5.41) is 15.2. The molecule has 0 bridgehead atoms. The predicted octanol–water partition coefficient (Wildman–Crippen LogP) is 4.64. The van der Waals surface area contributed by atoms with Gasteiger partial charge in [-0.15, -0.1) is 35.3 Å². The molecule has 2 aromatic heterocycles. The molecular weight excluding hydrogens is 513 g/mol. The first-order chi connectivity index (χ1) is 13.7. The molecule has 5 nitrogen and oxygen atoms in total. The van der Waals surface area contributed by atoms with Gasteiger partial charge in [-0.25, -0.2) is 0 Å². The van der Waals surface area contributed by atoms with Crippen LogP contribution in [0.15, 0.2) is 39.3 Å². The molecule has 1 aliphatic rings. The summed E-state index contributed by atoms with van der Waals surface area (Å²) in [5.74, 6) is 0.918. The van der Waals surface area contributed by atoms with E-state index in [4.69, 9.17) is 0 Å². The molecule has 0 aromatic carbocycles. The zero-order valence-electron chi connectivity index (χ0n) is 17.6. The molecule has 1 aliphatic heterocycles.